The van der Waals surface area contributed by atoms with Gasteiger partial charge < -0.3 is 14.8 Å². The van der Waals surface area contributed by atoms with Crippen molar-refractivity contribution in [3.8, 4) is 11.5 Å². The molecular formula is C29H23BrN2O3S. The van der Waals surface area contributed by atoms with E-state index in [-0.39, 0.29) is 5.91 Å². The Morgan fingerprint density at radius 1 is 0.944 bits per heavy atom. The molecule has 0 spiro atoms. The molecule has 180 valence electrons. The first kappa shape index (κ1) is 24.2. The lowest BCUT2D eigenvalue weighted by molar-refractivity contribution is -0.115. The fourth-order valence-electron chi connectivity index (χ4n) is 3.75. The van der Waals surface area contributed by atoms with Crippen LogP contribution in [0.1, 0.15) is 18.1 Å². The van der Waals surface area contributed by atoms with Crippen LogP contribution in [0, 0.1) is 0 Å². The molecule has 5 rings (SSSR count). The minimum Gasteiger partial charge on any atom is -0.494 e. The van der Waals surface area contributed by atoms with Crippen LogP contribution in [0.5, 0.6) is 11.5 Å². The number of thioether (sulfide) groups is 1. The van der Waals surface area contributed by atoms with Gasteiger partial charge in [0.25, 0.3) is 5.91 Å². The van der Waals surface area contributed by atoms with Gasteiger partial charge in [0.2, 0.25) is 0 Å². The highest BCUT2D eigenvalue weighted by Gasteiger charge is 2.24. The van der Waals surface area contributed by atoms with Crippen molar-refractivity contribution in [2.45, 2.75) is 13.5 Å². The summed E-state index contributed by atoms with van der Waals surface area (Å²) < 4.78 is 12.3. The molecule has 0 atom stereocenters. The molecule has 0 aliphatic carbocycles. The Kier molecular flexibility index (Phi) is 7.39. The van der Waals surface area contributed by atoms with Gasteiger partial charge in [-0.25, -0.2) is 4.99 Å². The summed E-state index contributed by atoms with van der Waals surface area (Å²) in [6.07, 6.45) is 1.85. The number of aliphatic imine (C=N–C) groups is 1. The summed E-state index contributed by atoms with van der Waals surface area (Å²) in [7, 11) is 0. The topological polar surface area (TPSA) is 59.9 Å². The summed E-state index contributed by atoms with van der Waals surface area (Å²) >= 11 is 4.92. The molecular weight excluding hydrogens is 536 g/mol. The number of carbonyl (C=O) groups is 1. The van der Waals surface area contributed by atoms with Crippen molar-refractivity contribution in [2.24, 2.45) is 4.99 Å². The number of halogens is 1. The van der Waals surface area contributed by atoms with Crippen molar-refractivity contribution in [1.82, 2.24) is 5.32 Å². The number of benzene rings is 4. The predicted molar refractivity (Wildman–Crippen MR) is 151 cm³/mol. The molecule has 1 N–H and O–H groups in total. The van der Waals surface area contributed by atoms with Crippen LogP contribution in [0.2, 0.25) is 0 Å². The second kappa shape index (κ2) is 11.0. The maximum absolute atomic E-state index is 12.5. The van der Waals surface area contributed by atoms with Crippen LogP contribution in [0.15, 0.2) is 99.3 Å². The van der Waals surface area contributed by atoms with Crippen LogP contribution >= 0.6 is 27.7 Å². The maximum atomic E-state index is 12.5. The van der Waals surface area contributed by atoms with Gasteiger partial charge in [-0.05, 0) is 105 Å². The predicted octanol–water partition coefficient (Wildman–Crippen LogP) is 7.47. The fourth-order valence-corrected chi connectivity index (χ4v) is 5.10. The molecule has 0 radical (unpaired) electrons. The molecule has 0 unspecified atom stereocenters. The summed E-state index contributed by atoms with van der Waals surface area (Å²) in [5.74, 6) is 1.37. The first-order chi connectivity index (χ1) is 17.6. The first-order valence-corrected chi connectivity index (χ1v) is 13.1. The molecule has 0 bridgehead atoms. The molecule has 7 heteroatoms. The summed E-state index contributed by atoms with van der Waals surface area (Å²) in [5, 5.41) is 5.78. The zero-order valence-electron chi connectivity index (χ0n) is 19.5. The van der Waals surface area contributed by atoms with Crippen LogP contribution in [-0.2, 0) is 11.4 Å². The van der Waals surface area contributed by atoms with Gasteiger partial charge in [0, 0.05) is 0 Å². The van der Waals surface area contributed by atoms with E-state index in [1.54, 1.807) is 0 Å². The molecule has 1 aliphatic rings. The molecule has 1 saturated heterocycles. The summed E-state index contributed by atoms with van der Waals surface area (Å²) in [4.78, 5) is 17.6. The van der Waals surface area contributed by atoms with Crippen LogP contribution in [0.4, 0.5) is 5.69 Å². The summed E-state index contributed by atoms with van der Waals surface area (Å²) in [6, 6.07) is 27.8. The minimum atomic E-state index is -0.169. The van der Waals surface area contributed by atoms with E-state index >= 15 is 0 Å². The number of hydrogen-bond donors (Lipinski definition) is 1. The van der Waals surface area contributed by atoms with E-state index in [1.165, 1.54) is 22.5 Å². The number of amidine groups is 1. The standard InChI is InChI=1S/C29H23BrN2O3S/c1-2-34-24-12-10-23(11-13-24)31-29-32-28(33)27(36-29)17-19-8-14-26(25(30)16-19)35-18-20-7-9-21-5-3-4-6-22(21)15-20/h3-17H,2,18H2,1H3,(H,31,32,33)/b27-17+. The van der Waals surface area contributed by atoms with E-state index < -0.39 is 0 Å². The monoisotopic (exact) mass is 558 g/mol. The van der Waals surface area contributed by atoms with Gasteiger partial charge in [0.15, 0.2) is 5.17 Å². The third-order valence-electron chi connectivity index (χ3n) is 5.49. The van der Waals surface area contributed by atoms with Crippen molar-refractivity contribution < 1.29 is 14.3 Å². The maximum Gasteiger partial charge on any atom is 0.264 e. The second-order valence-corrected chi connectivity index (χ2v) is 9.95. The Balaban J connectivity index is 1.25. The number of rotatable bonds is 7. The Labute approximate surface area is 222 Å². The highest BCUT2D eigenvalue weighted by Crippen LogP contribution is 2.32. The summed E-state index contributed by atoms with van der Waals surface area (Å²) in [6.45, 7) is 3.02. The number of nitrogens with one attached hydrogen (secondary N) is 1. The number of amides is 1. The zero-order valence-corrected chi connectivity index (χ0v) is 21.9. The summed E-state index contributed by atoms with van der Waals surface area (Å²) in [5.41, 5.74) is 2.74. The second-order valence-electron chi connectivity index (χ2n) is 8.07. The normalized spacial score (nSPS) is 15.4. The SMILES string of the molecule is CCOc1ccc(N=C2NC(=O)/C(=C\c3ccc(OCc4ccc5ccccc5c4)c(Br)c3)S2)cc1. The molecule has 36 heavy (non-hydrogen) atoms. The van der Waals surface area contributed by atoms with E-state index in [4.69, 9.17) is 9.47 Å². The third-order valence-corrected chi connectivity index (χ3v) is 7.02. The van der Waals surface area contributed by atoms with Gasteiger partial charge in [-0.2, -0.15) is 0 Å². The van der Waals surface area contributed by atoms with Crippen LogP contribution < -0.4 is 14.8 Å². The quantitative estimate of drug-likeness (QED) is 0.239. The molecule has 0 aromatic heterocycles. The van der Waals surface area contributed by atoms with Crippen LogP contribution in [0.25, 0.3) is 16.8 Å². The largest absolute Gasteiger partial charge is 0.494 e. The van der Waals surface area contributed by atoms with E-state index in [0.717, 1.165) is 32.8 Å². The lowest BCUT2D eigenvalue weighted by Gasteiger charge is -2.10. The number of carbonyl (C=O) groups excluding carboxylic acids is 1. The van der Waals surface area contributed by atoms with Crippen molar-refractivity contribution in [3.05, 3.63) is 105 Å². The highest BCUT2D eigenvalue weighted by atomic mass is 79.9. The van der Waals surface area contributed by atoms with Gasteiger partial charge in [-0.1, -0.05) is 42.5 Å². The van der Waals surface area contributed by atoms with Crippen LogP contribution in [0.3, 0.4) is 0 Å². The van der Waals surface area contributed by atoms with Gasteiger partial charge in [-0.3, -0.25) is 4.79 Å². The number of hydrogen-bond acceptors (Lipinski definition) is 5. The Morgan fingerprint density at radius 3 is 2.53 bits per heavy atom. The van der Waals surface area contributed by atoms with Crippen molar-refractivity contribution in [1.29, 1.82) is 0 Å². The van der Waals surface area contributed by atoms with E-state index in [2.05, 4.69) is 56.6 Å². The minimum absolute atomic E-state index is 0.169. The Bertz CT molecular complexity index is 1480. The molecule has 1 heterocycles. The lowest BCUT2D eigenvalue weighted by Crippen LogP contribution is -2.19. The van der Waals surface area contributed by atoms with E-state index in [9.17, 15) is 4.79 Å². The van der Waals surface area contributed by atoms with Crippen molar-refractivity contribution in [2.75, 3.05) is 6.61 Å². The fraction of sp³-hybridized carbons (Fsp3) is 0.103. The molecule has 4 aromatic rings. The van der Waals surface area contributed by atoms with E-state index in [0.29, 0.717) is 23.3 Å². The van der Waals surface area contributed by atoms with Crippen molar-refractivity contribution in [3.63, 3.8) is 0 Å². The van der Waals surface area contributed by atoms with E-state index in [1.807, 2.05) is 67.6 Å². The molecule has 5 nitrogen and oxygen atoms in total. The van der Waals surface area contributed by atoms with Gasteiger partial charge in [-0.15, -0.1) is 0 Å². The van der Waals surface area contributed by atoms with Gasteiger partial charge in [0.05, 0.1) is 21.7 Å². The van der Waals surface area contributed by atoms with Crippen LogP contribution in [-0.4, -0.2) is 17.7 Å². The molecule has 1 fully saturated rings. The molecule has 0 saturated carbocycles. The lowest BCUT2D eigenvalue weighted by atomic mass is 10.1. The van der Waals surface area contributed by atoms with Gasteiger partial charge in [0.1, 0.15) is 18.1 Å². The van der Waals surface area contributed by atoms with Gasteiger partial charge >= 0.3 is 0 Å². The number of nitrogens with zero attached hydrogens (tertiary/aromatic N) is 1. The Morgan fingerprint density at radius 2 is 1.75 bits per heavy atom. The molecule has 4 aromatic carbocycles. The van der Waals surface area contributed by atoms with Crippen molar-refractivity contribution >= 4 is 61.3 Å². The number of fused-ring (bicyclic) bond motifs is 1. The first-order valence-electron chi connectivity index (χ1n) is 11.5. The third kappa shape index (κ3) is 5.80. The zero-order chi connectivity index (χ0) is 24.9. The Hall–Kier alpha value is -3.55. The molecule has 1 amide bonds. The molecule has 1 aliphatic heterocycles. The average molecular weight is 559 g/mol. The highest BCUT2D eigenvalue weighted by molar-refractivity contribution is 9.10. The average Bonchev–Trinajstić information content (AvgIpc) is 3.23. The smallest absolute Gasteiger partial charge is 0.264 e. The number of ether oxygens (including phenoxy) is 2.